The highest BCUT2D eigenvalue weighted by Crippen LogP contribution is 2.15. The molecule has 0 bridgehead atoms. The van der Waals surface area contributed by atoms with Gasteiger partial charge in [0.2, 0.25) is 0 Å². The van der Waals surface area contributed by atoms with Gasteiger partial charge in [0.15, 0.2) is 0 Å². The first-order valence-electron chi connectivity index (χ1n) is 5.90. The van der Waals surface area contributed by atoms with Crippen LogP contribution in [-0.2, 0) is 0 Å². The van der Waals surface area contributed by atoms with Gasteiger partial charge in [-0.15, -0.1) is 0 Å². The number of nitriles is 2. The summed E-state index contributed by atoms with van der Waals surface area (Å²) in [5, 5.41) is 17.3. The van der Waals surface area contributed by atoms with Gasteiger partial charge in [-0.3, -0.25) is 0 Å². The molecule has 18 heavy (non-hydrogen) atoms. The van der Waals surface area contributed by atoms with Gasteiger partial charge in [0.05, 0.1) is 6.61 Å². The lowest BCUT2D eigenvalue weighted by Gasteiger charge is -2.07. The van der Waals surface area contributed by atoms with Crippen LogP contribution in [0.1, 0.15) is 25.8 Å². The fourth-order valence-corrected chi connectivity index (χ4v) is 1.33. The van der Waals surface area contributed by atoms with E-state index in [1.54, 1.807) is 6.08 Å². The van der Waals surface area contributed by atoms with Gasteiger partial charge in [-0.25, -0.2) is 0 Å². The Morgan fingerprint density at radius 1 is 1.22 bits per heavy atom. The molecular weight excluding hydrogens is 224 g/mol. The minimum absolute atomic E-state index is 0.100. The van der Waals surface area contributed by atoms with Crippen LogP contribution in [0.3, 0.4) is 0 Å². The number of rotatable bonds is 5. The van der Waals surface area contributed by atoms with Crippen LogP contribution in [0.2, 0.25) is 0 Å². The zero-order valence-corrected chi connectivity index (χ0v) is 10.7. The molecule has 0 fully saturated rings. The van der Waals surface area contributed by atoms with E-state index >= 15 is 0 Å². The van der Waals surface area contributed by atoms with Crippen LogP contribution < -0.4 is 4.74 Å². The number of benzene rings is 1. The quantitative estimate of drug-likeness (QED) is 0.739. The smallest absolute Gasteiger partial charge is 0.130 e. The zero-order chi connectivity index (χ0) is 13.4. The normalized spacial score (nSPS) is 9.39. The summed E-state index contributed by atoms with van der Waals surface area (Å²) in [6.07, 6.45) is 2.58. The van der Waals surface area contributed by atoms with Crippen molar-refractivity contribution in [1.82, 2.24) is 0 Å². The summed E-state index contributed by atoms with van der Waals surface area (Å²) >= 11 is 0. The molecule has 0 radical (unpaired) electrons. The SMILES string of the molecule is CC(C)CCOc1ccc(C=C(C#N)C#N)cc1. The van der Waals surface area contributed by atoms with E-state index in [0.717, 1.165) is 17.7 Å². The van der Waals surface area contributed by atoms with Crippen molar-refractivity contribution in [3.05, 3.63) is 35.4 Å². The number of hydrogen-bond donors (Lipinski definition) is 0. The summed E-state index contributed by atoms with van der Waals surface area (Å²) in [7, 11) is 0. The van der Waals surface area contributed by atoms with Crippen molar-refractivity contribution in [3.8, 4) is 17.9 Å². The summed E-state index contributed by atoms with van der Waals surface area (Å²) in [5.74, 6) is 1.43. The van der Waals surface area contributed by atoms with Gasteiger partial charge in [-0.2, -0.15) is 10.5 Å². The van der Waals surface area contributed by atoms with Crippen LogP contribution >= 0.6 is 0 Å². The van der Waals surface area contributed by atoms with Crippen LogP contribution in [0.25, 0.3) is 6.08 Å². The van der Waals surface area contributed by atoms with Gasteiger partial charge >= 0.3 is 0 Å². The summed E-state index contributed by atoms with van der Waals surface area (Å²) in [6.45, 7) is 5.01. The molecule has 0 aliphatic carbocycles. The summed E-state index contributed by atoms with van der Waals surface area (Å²) < 4.78 is 5.58. The van der Waals surface area contributed by atoms with E-state index in [0.29, 0.717) is 12.5 Å². The molecule has 1 rings (SSSR count). The van der Waals surface area contributed by atoms with Crippen molar-refractivity contribution in [2.45, 2.75) is 20.3 Å². The molecule has 0 aliphatic heterocycles. The van der Waals surface area contributed by atoms with Crippen LogP contribution in [0.4, 0.5) is 0 Å². The molecule has 0 N–H and O–H groups in total. The van der Waals surface area contributed by atoms with Gasteiger partial charge < -0.3 is 4.74 Å². The third-order valence-corrected chi connectivity index (χ3v) is 2.40. The lowest BCUT2D eigenvalue weighted by Crippen LogP contribution is -2.01. The van der Waals surface area contributed by atoms with Crippen molar-refractivity contribution in [1.29, 1.82) is 10.5 Å². The molecule has 92 valence electrons. The molecule has 0 aromatic heterocycles. The Labute approximate surface area is 108 Å². The number of allylic oxidation sites excluding steroid dienone is 1. The highest BCUT2D eigenvalue weighted by atomic mass is 16.5. The first-order chi connectivity index (χ1) is 8.65. The third-order valence-electron chi connectivity index (χ3n) is 2.40. The largest absolute Gasteiger partial charge is 0.494 e. The molecule has 0 aliphatic rings. The Kier molecular flexibility index (Phi) is 5.48. The second-order valence-electron chi connectivity index (χ2n) is 4.38. The number of nitrogens with zero attached hydrogens (tertiary/aromatic N) is 2. The van der Waals surface area contributed by atoms with Gasteiger partial charge in [0.1, 0.15) is 23.5 Å². The van der Waals surface area contributed by atoms with Crippen molar-refractivity contribution < 1.29 is 4.74 Å². The molecule has 0 unspecified atom stereocenters. The molecule has 1 aromatic rings. The first kappa shape index (κ1) is 13.8. The Hall–Kier alpha value is -2.26. The van der Waals surface area contributed by atoms with Crippen LogP contribution in [0.15, 0.2) is 29.8 Å². The maximum absolute atomic E-state index is 8.64. The van der Waals surface area contributed by atoms with Gasteiger partial charge in [-0.05, 0) is 36.1 Å². The molecule has 0 amide bonds. The van der Waals surface area contributed by atoms with E-state index in [4.69, 9.17) is 15.3 Å². The fourth-order valence-electron chi connectivity index (χ4n) is 1.33. The van der Waals surface area contributed by atoms with E-state index in [1.165, 1.54) is 0 Å². The standard InChI is InChI=1S/C15H16N2O/c1-12(2)7-8-18-15-5-3-13(4-6-15)9-14(10-16)11-17/h3-6,9,12H,7-8H2,1-2H3. The van der Waals surface area contributed by atoms with Crippen molar-refractivity contribution in [2.75, 3.05) is 6.61 Å². The number of ether oxygens (including phenoxy) is 1. The van der Waals surface area contributed by atoms with E-state index in [1.807, 2.05) is 36.4 Å². The molecule has 1 aromatic carbocycles. The van der Waals surface area contributed by atoms with Crippen molar-refractivity contribution >= 4 is 6.08 Å². The van der Waals surface area contributed by atoms with Crippen molar-refractivity contribution in [2.24, 2.45) is 5.92 Å². The molecule has 0 saturated heterocycles. The molecule has 0 atom stereocenters. The first-order valence-corrected chi connectivity index (χ1v) is 5.90. The lowest BCUT2D eigenvalue weighted by molar-refractivity contribution is 0.289. The van der Waals surface area contributed by atoms with E-state index < -0.39 is 0 Å². The Balaban J connectivity index is 2.61. The van der Waals surface area contributed by atoms with Crippen LogP contribution in [-0.4, -0.2) is 6.61 Å². The van der Waals surface area contributed by atoms with Gasteiger partial charge in [0, 0.05) is 0 Å². The second kappa shape index (κ2) is 7.14. The average molecular weight is 240 g/mol. The monoisotopic (exact) mass is 240 g/mol. The van der Waals surface area contributed by atoms with Crippen molar-refractivity contribution in [3.63, 3.8) is 0 Å². The molecule has 3 heteroatoms. The predicted molar refractivity (Wildman–Crippen MR) is 70.6 cm³/mol. The summed E-state index contributed by atoms with van der Waals surface area (Å²) in [6, 6.07) is 11.0. The highest BCUT2D eigenvalue weighted by molar-refractivity contribution is 5.62. The molecule has 0 heterocycles. The predicted octanol–water partition coefficient (Wildman–Crippen LogP) is 3.54. The zero-order valence-electron chi connectivity index (χ0n) is 10.7. The van der Waals surface area contributed by atoms with E-state index in [2.05, 4.69) is 13.8 Å². The summed E-state index contributed by atoms with van der Waals surface area (Å²) in [4.78, 5) is 0. The molecular formula is C15H16N2O. The minimum Gasteiger partial charge on any atom is -0.494 e. The van der Waals surface area contributed by atoms with Gasteiger partial charge in [-0.1, -0.05) is 26.0 Å². The lowest BCUT2D eigenvalue weighted by atomic mass is 10.1. The van der Waals surface area contributed by atoms with E-state index in [9.17, 15) is 0 Å². The fraction of sp³-hybridized carbons (Fsp3) is 0.333. The number of hydrogen-bond acceptors (Lipinski definition) is 3. The Morgan fingerprint density at radius 3 is 2.33 bits per heavy atom. The minimum atomic E-state index is 0.100. The maximum Gasteiger partial charge on any atom is 0.130 e. The van der Waals surface area contributed by atoms with E-state index in [-0.39, 0.29) is 5.57 Å². The van der Waals surface area contributed by atoms with Crippen LogP contribution in [0, 0.1) is 28.6 Å². The molecule has 0 saturated carbocycles. The Morgan fingerprint density at radius 2 is 1.83 bits per heavy atom. The van der Waals surface area contributed by atoms with Crippen LogP contribution in [0.5, 0.6) is 5.75 Å². The molecule has 0 spiro atoms. The highest BCUT2D eigenvalue weighted by Gasteiger charge is 1.98. The second-order valence-corrected chi connectivity index (χ2v) is 4.38. The van der Waals surface area contributed by atoms with Gasteiger partial charge in [0.25, 0.3) is 0 Å². The Bertz CT molecular complexity index is 471. The topological polar surface area (TPSA) is 56.8 Å². The third kappa shape index (κ3) is 4.72. The average Bonchev–Trinajstić information content (AvgIpc) is 2.37. The maximum atomic E-state index is 8.64. The summed E-state index contributed by atoms with van der Waals surface area (Å²) in [5.41, 5.74) is 0.924. The molecule has 3 nitrogen and oxygen atoms in total.